The van der Waals surface area contributed by atoms with Crippen LogP contribution in [-0.4, -0.2) is 67.3 Å². The van der Waals surface area contributed by atoms with Crippen LogP contribution in [0.1, 0.15) is 43.7 Å². The molecule has 0 amide bonds. The molecule has 0 saturated carbocycles. The van der Waals surface area contributed by atoms with E-state index in [0.29, 0.717) is 32.3 Å². The zero-order chi connectivity index (χ0) is 25.9. The highest BCUT2D eigenvalue weighted by Crippen LogP contribution is 2.35. The molecule has 37 heavy (non-hydrogen) atoms. The van der Waals surface area contributed by atoms with E-state index in [1.165, 1.54) is 6.42 Å². The van der Waals surface area contributed by atoms with Gasteiger partial charge in [0, 0.05) is 51.5 Å². The molecule has 7 heteroatoms. The Morgan fingerprint density at radius 3 is 2.59 bits per heavy atom. The van der Waals surface area contributed by atoms with Crippen molar-refractivity contribution in [2.75, 3.05) is 44.9 Å². The van der Waals surface area contributed by atoms with E-state index in [2.05, 4.69) is 34.0 Å². The summed E-state index contributed by atoms with van der Waals surface area (Å²) in [5, 5.41) is 15.4. The van der Waals surface area contributed by atoms with Gasteiger partial charge in [0.25, 0.3) is 0 Å². The van der Waals surface area contributed by atoms with E-state index in [-0.39, 0.29) is 6.61 Å². The van der Waals surface area contributed by atoms with Crippen molar-refractivity contribution in [3.05, 3.63) is 71.8 Å². The number of anilines is 1. The molecule has 200 valence electrons. The molecule has 1 aliphatic heterocycles. The van der Waals surface area contributed by atoms with E-state index >= 15 is 0 Å². The van der Waals surface area contributed by atoms with Crippen LogP contribution in [0.15, 0.2) is 65.2 Å². The number of benzene rings is 2. The molecule has 1 N–H and O–H groups in total. The Morgan fingerprint density at radius 1 is 1.11 bits per heavy atom. The molecule has 3 aromatic rings. The largest absolute Gasteiger partial charge is 0.389 e. The predicted octanol–water partition coefficient (Wildman–Crippen LogP) is 5.14. The first-order chi connectivity index (χ1) is 18.2. The molecule has 0 unspecified atom stereocenters. The zero-order valence-electron chi connectivity index (χ0n) is 22.2. The molecule has 0 aliphatic carbocycles. The summed E-state index contributed by atoms with van der Waals surface area (Å²) < 4.78 is 17.2. The lowest BCUT2D eigenvalue weighted by Crippen LogP contribution is -2.39. The number of aromatic nitrogens is 1. The molecule has 4 rings (SSSR count). The SMILES string of the molecule is COCCCN(Cc1c(-c2ccccc2)noc1N1CCCC[C@H]1C)C[C@@H](O)COCc1ccccc1. The molecule has 1 fully saturated rings. The molecule has 2 atom stereocenters. The molecule has 2 aromatic carbocycles. The maximum atomic E-state index is 10.9. The van der Waals surface area contributed by atoms with Crippen molar-refractivity contribution in [3.63, 3.8) is 0 Å². The molecular formula is C30H41N3O4. The number of aliphatic hydroxyl groups is 1. The Morgan fingerprint density at radius 2 is 1.86 bits per heavy atom. The summed E-state index contributed by atoms with van der Waals surface area (Å²) in [6, 6.07) is 20.7. The summed E-state index contributed by atoms with van der Waals surface area (Å²) in [5.41, 5.74) is 4.10. The number of rotatable bonds is 14. The maximum Gasteiger partial charge on any atom is 0.232 e. The number of methoxy groups -OCH3 is 1. The number of hydrogen-bond donors (Lipinski definition) is 1. The summed E-state index contributed by atoms with van der Waals surface area (Å²) in [6.07, 6.45) is 3.81. The molecule has 1 aromatic heterocycles. The van der Waals surface area contributed by atoms with Crippen molar-refractivity contribution < 1.29 is 19.1 Å². The Labute approximate surface area is 221 Å². The van der Waals surface area contributed by atoms with Crippen LogP contribution in [0, 0.1) is 0 Å². The molecule has 1 aliphatic rings. The van der Waals surface area contributed by atoms with Gasteiger partial charge in [-0.15, -0.1) is 0 Å². The topological polar surface area (TPSA) is 71.2 Å². The van der Waals surface area contributed by atoms with E-state index < -0.39 is 6.10 Å². The standard InChI is InChI=1S/C30H41N3O4/c1-24-12-9-10-18-33(24)30-28(29(31-37-30)26-15-7-4-8-16-26)21-32(17-11-19-35-2)20-27(34)23-36-22-25-13-5-3-6-14-25/h3-8,13-16,24,27,34H,9-12,17-23H2,1-2H3/t24-,27-/m1/s1. The molecule has 0 spiro atoms. The zero-order valence-corrected chi connectivity index (χ0v) is 22.2. The van der Waals surface area contributed by atoms with Gasteiger partial charge in [-0.05, 0) is 38.2 Å². The average Bonchev–Trinajstić information content (AvgIpc) is 3.33. The van der Waals surface area contributed by atoms with Gasteiger partial charge in [0.2, 0.25) is 5.88 Å². The highest BCUT2D eigenvalue weighted by Gasteiger charge is 2.29. The summed E-state index contributed by atoms with van der Waals surface area (Å²) in [4.78, 5) is 4.64. The molecule has 0 bridgehead atoms. The van der Waals surface area contributed by atoms with Crippen LogP contribution >= 0.6 is 0 Å². The predicted molar refractivity (Wildman–Crippen MR) is 146 cm³/mol. The van der Waals surface area contributed by atoms with Crippen LogP contribution in [-0.2, 0) is 22.6 Å². The first kappa shape index (κ1) is 27.3. The fraction of sp³-hybridized carbons (Fsp3) is 0.500. The fourth-order valence-corrected chi connectivity index (χ4v) is 5.02. The number of aliphatic hydroxyl groups excluding tert-OH is 1. The minimum absolute atomic E-state index is 0.279. The van der Waals surface area contributed by atoms with Gasteiger partial charge in [-0.2, -0.15) is 0 Å². The molecule has 2 heterocycles. The van der Waals surface area contributed by atoms with Crippen molar-refractivity contribution in [2.24, 2.45) is 0 Å². The normalized spacial score (nSPS) is 16.9. The third-order valence-corrected chi connectivity index (χ3v) is 6.97. The lowest BCUT2D eigenvalue weighted by Gasteiger charge is -2.34. The Balaban J connectivity index is 1.51. The van der Waals surface area contributed by atoms with Gasteiger partial charge >= 0.3 is 0 Å². The second-order valence-corrected chi connectivity index (χ2v) is 9.96. The second-order valence-electron chi connectivity index (χ2n) is 9.96. The smallest absolute Gasteiger partial charge is 0.232 e. The quantitative estimate of drug-likeness (QED) is 0.303. The lowest BCUT2D eigenvalue weighted by molar-refractivity contribution is 0.00740. The van der Waals surface area contributed by atoms with Gasteiger partial charge in [0.05, 0.1) is 24.9 Å². The summed E-state index contributed by atoms with van der Waals surface area (Å²) in [7, 11) is 1.72. The highest BCUT2D eigenvalue weighted by molar-refractivity contribution is 5.68. The number of ether oxygens (including phenoxy) is 2. The van der Waals surface area contributed by atoms with Crippen molar-refractivity contribution in [1.29, 1.82) is 0 Å². The van der Waals surface area contributed by atoms with Crippen LogP contribution in [0.4, 0.5) is 5.88 Å². The minimum Gasteiger partial charge on any atom is -0.389 e. The highest BCUT2D eigenvalue weighted by atomic mass is 16.5. The van der Waals surface area contributed by atoms with Crippen molar-refractivity contribution in [1.82, 2.24) is 10.1 Å². The summed E-state index contributed by atoms with van der Waals surface area (Å²) in [6.45, 7) is 6.58. The monoisotopic (exact) mass is 507 g/mol. The van der Waals surface area contributed by atoms with E-state index in [9.17, 15) is 5.11 Å². The lowest BCUT2D eigenvalue weighted by atomic mass is 10.0. The van der Waals surface area contributed by atoms with Gasteiger partial charge in [-0.1, -0.05) is 65.8 Å². The first-order valence-electron chi connectivity index (χ1n) is 13.5. The Kier molecular flexibility index (Phi) is 10.6. The third-order valence-electron chi connectivity index (χ3n) is 6.97. The Hall–Kier alpha value is -2.71. The average molecular weight is 508 g/mol. The van der Waals surface area contributed by atoms with Gasteiger partial charge in [-0.3, -0.25) is 4.90 Å². The molecule has 7 nitrogen and oxygen atoms in total. The van der Waals surface area contributed by atoms with Crippen molar-refractivity contribution >= 4 is 5.88 Å². The molecular weight excluding hydrogens is 466 g/mol. The third kappa shape index (κ3) is 7.89. The van der Waals surface area contributed by atoms with Gasteiger partial charge < -0.3 is 24.0 Å². The fourth-order valence-electron chi connectivity index (χ4n) is 5.02. The van der Waals surface area contributed by atoms with E-state index in [4.69, 9.17) is 14.0 Å². The number of nitrogens with zero attached hydrogens (tertiary/aromatic N) is 3. The van der Waals surface area contributed by atoms with Gasteiger partial charge in [0.15, 0.2) is 0 Å². The number of piperidine rings is 1. The van der Waals surface area contributed by atoms with Crippen LogP contribution in [0.5, 0.6) is 0 Å². The van der Waals surface area contributed by atoms with Crippen LogP contribution in [0.25, 0.3) is 11.3 Å². The molecule has 1 saturated heterocycles. The van der Waals surface area contributed by atoms with Crippen LogP contribution in [0.3, 0.4) is 0 Å². The van der Waals surface area contributed by atoms with Crippen LogP contribution < -0.4 is 4.90 Å². The minimum atomic E-state index is -0.608. The Bertz CT molecular complexity index is 1040. The first-order valence-corrected chi connectivity index (χ1v) is 13.5. The van der Waals surface area contributed by atoms with Gasteiger partial charge in [0.1, 0.15) is 5.69 Å². The van der Waals surface area contributed by atoms with E-state index in [1.54, 1.807) is 7.11 Å². The summed E-state index contributed by atoms with van der Waals surface area (Å²) >= 11 is 0. The van der Waals surface area contributed by atoms with E-state index in [1.807, 2.05) is 48.5 Å². The van der Waals surface area contributed by atoms with E-state index in [0.717, 1.165) is 60.6 Å². The summed E-state index contributed by atoms with van der Waals surface area (Å²) in [5.74, 6) is 0.859. The van der Waals surface area contributed by atoms with Crippen molar-refractivity contribution in [3.8, 4) is 11.3 Å². The van der Waals surface area contributed by atoms with Crippen LogP contribution in [0.2, 0.25) is 0 Å². The van der Waals surface area contributed by atoms with Gasteiger partial charge in [-0.25, -0.2) is 0 Å². The van der Waals surface area contributed by atoms with Crippen molar-refractivity contribution in [2.45, 2.75) is 57.9 Å². The second kappa shape index (κ2) is 14.3. The molecule has 0 radical (unpaired) electrons. The maximum absolute atomic E-state index is 10.9. The number of hydrogen-bond acceptors (Lipinski definition) is 7.